The number of ether oxygens (including phenoxy) is 4. The van der Waals surface area contributed by atoms with Gasteiger partial charge < -0.3 is 44.3 Å². The van der Waals surface area contributed by atoms with Crippen molar-refractivity contribution in [1.29, 1.82) is 0 Å². The molecular weight excluding hydrogens is 973 g/mol. The lowest BCUT2D eigenvalue weighted by Crippen LogP contribution is -2.63. The molecule has 1 aromatic heterocycles. The van der Waals surface area contributed by atoms with Crippen molar-refractivity contribution in [3.05, 3.63) is 105 Å². The topological polar surface area (TPSA) is 206 Å². The summed E-state index contributed by atoms with van der Waals surface area (Å²) >= 11 is 2.27. The molecule has 1 fully saturated rings. The van der Waals surface area contributed by atoms with Crippen LogP contribution in [-0.2, 0) is 48.2 Å². The predicted octanol–water partition coefficient (Wildman–Crippen LogP) is 4.96. The number of ketones is 1. The van der Waals surface area contributed by atoms with Gasteiger partial charge in [-0.2, -0.15) is 0 Å². The molecule has 4 N–H and O–H groups in total. The number of esters is 2. The summed E-state index contributed by atoms with van der Waals surface area (Å²) < 4.78 is 27.2. The highest BCUT2D eigenvalue weighted by molar-refractivity contribution is 14.1. The lowest BCUT2D eigenvalue weighted by molar-refractivity contribution is -0.304. The summed E-state index contributed by atoms with van der Waals surface area (Å²) in [5.74, 6) is -3.44. The van der Waals surface area contributed by atoms with Crippen molar-refractivity contribution in [3.63, 3.8) is 0 Å². The van der Waals surface area contributed by atoms with Crippen molar-refractivity contribution in [1.82, 2.24) is 24.8 Å². The van der Waals surface area contributed by atoms with Crippen LogP contribution in [0.15, 0.2) is 84.6 Å². The molecule has 2 aromatic carbocycles. The molecule has 3 unspecified atom stereocenters. The zero-order valence-corrected chi connectivity index (χ0v) is 41.9. The largest absolute Gasteiger partial charge is 0.462 e. The smallest absolute Gasteiger partial charge is 0.338 e. The first-order valence-corrected chi connectivity index (χ1v) is 24.4. The highest BCUT2D eigenvalue weighted by Crippen LogP contribution is 2.35. The van der Waals surface area contributed by atoms with Crippen LogP contribution >= 0.6 is 22.6 Å². The maximum absolute atomic E-state index is 14.0. The monoisotopic (exact) mass is 1040 g/mol. The van der Waals surface area contributed by atoms with Gasteiger partial charge in [0.05, 0.1) is 61.8 Å². The van der Waals surface area contributed by atoms with Gasteiger partial charge in [0.15, 0.2) is 12.1 Å². The number of hydrogen-bond donors (Lipinski definition) is 4. The number of aliphatic hydroxyl groups is 4. The number of likely N-dealkylation sites (N-methyl/N-ethyl adjacent to an activating group) is 1. The number of halogens is 1. The molecule has 67 heavy (non-hydrogen) atoms. The van der Waals surface area contributed by atoms with Gasteiger partial charge in [-0.15, -0.1) is 5.10 Å². The minimum Gasteiger partial charge on any atom is -0.462 e. The number of rotatable bonds is 16. The number of nitrogens with zero attached hydrogens (tertiary/aromatic N) is 5. The number of allylic oxidation sites excluding steroid dienone is 3. The van der Waals surface area contributed by atoms with E-state index in [1.807, 2.05) is 39.0 Å². The quantitative estimate of drug-likeness (QED) is 0.111. The zero-order chi connectivity index (χ0) is 48.8. The Bertz CT molecular complexity index is 2080. The van der Waals surface area contributed by atoms with E-state index in [9.17, 15) is 34.8 Å². The number of carbonyl (C=O) groups excluding carboxylic acids is 3. The molecule has 0 amide bonds. The minimum absolute atomic E-state index is 0.0400. The fourth-order valence-corrected chi connectivity index (χ4v) is 9.24. The van der Waals surface area contributed by atoms with Crippen molar-refractivity contribution in [2.75, 3.05) is 33.8 Å². The van der Waals surface area contributed by atoms with Crippen molar-refractivity contribution in [2.45, 2.75) is 129 Å². The van der Waals surface area contributed by atoms with Crippen LogP contribution in [0.4, 0.5) is 0 Å². The van der Waals surface area contributed by atoms with Crippen molar-refractivity contribution in [2.24, 2.45) is 23.7 Å². The van der Waals surface area contributed by atoms with Crippen LogP contribution in [0.3, 0.4) is 0 Å². The zero-order valence-electron chi connectivity index (χ0n) is 39.8. The van der Waals surface area contributed by atoms with Gasteiger partial charge in [0.1, 0.15) is 24.5 Å². The molecule has 0 saturated carbocycles. The molecule has 3 heterocycles. The first-order valence-electron chi connectivity index (χ1n) is 23.3. The lowest BCUT2D eigenvalue weighted by Gasteiger charge is -2.46. The molecule has 368 valence electrons. The molecule has 16 nitrogen and oxygen atoms in total. The Morgan fingerprint density at radius 2 is 1.70 bits per heavy atom. The summed E-state index contributed by atoms with van der Waals surface area (Å²) in [5, 5.41) is 53.6. The number of aromatic nitrogens is 3. The van der Waals surface area contributed by atoms with Gasteiger partial charge >= 0.3 is 11.9 Å². The fourth-order valence-electron chi connectivity index (χ4n) is 8.88. The first-order chi connectivity index (χ1) is 32.0. The third-order valence-corrected chi connectivity index (χ3v) is 13.6. The van der Waals surface area contributed by atoms with Crippen LogP contribution < -0.4 is 0 Å². The highest BCUT2D eigenvalue weighted by atomic mass is 127. The van der Waals surface area contributed by atoms with Crippen molar-refractivity contribution >= 4 is 40.3 Å². The van der Waals surface area contributed by atoms with E-state index in [1.54, 1.807) is 80.1 Å². The van der Waals surface area contributed by atoms with E-state index in [4.69, 9.17) is 18.9 Å². The van der Waals surface area contributed by atoms with Gasteiger partial charge in [-0.3, -0.25) is 19.2 Å². The second-order valence-electron chi connectivity index (χ2n) is 18.3. The Morgan fingerprint density at radius 1 is 0.985 bits per heavy atom. The number of hydrogen-bond acceptors (Lipinski definition) is 15. The van der Waals surface area contributed by atoms with Crippen LogP contribution in [0.25, 0.3) is 0 Å². The maximum Gasteiger partial charge on any atom is 0.338 e. The summed E-state index contributed by atoms with van der Waals surface area (Å²) in [4.78, 5) is 44.1. The second-order valence-corrected chi connectivity index (χ2v) is 19.6. The second kappa shape index (κ2) is 26.2. The lowest BCUT2D eigenvalue weighted by atomic mass is 9.79. The maximum atomic E-state index is 14.0. The van der Waals surface area contributed by atoms with E-state index in [1.165, 1.54) is 6.08 Å². The van der Waals surface area contributed by atoms with Crippen LogP contribution in [0.1, 0.15) is 81.9 Å². The van der Waals surface area contributed by atoms with E-state index in [2.05, 4.69) is 49.9 Å². The molecule has 17 heteroatoms. The molecule has 0 radical (unpaired) electrons. The molecule has 12 atom stereocenters. The van der Waals surface area contributed by atoms with Crippen LogP contribution in [-0.4, -0.2) is 146 Å². The average Bonchev–Trinajstić information content (AvgIpc) is 3.77. The van der Waals surface area contributed by atoms with Crippen LogP contribution in [0.5, 0.6) is 0 Å². The van der Waals surface area contributed by atoms with E-state index in [0.717, 1.165) is 14.7 Å². The van der Waals surface area contributed by atoms with E-state index >= 15 is 0 Å². The Labute approximate surface area is 408 Å². The summed E-state index contributed by atoms with van der Waals surface area (Å²) in [6.45, 7) is 10.7. The fraction of sp³-hybridized carbons (Fsp3) is 0.580. The molecule has 5 rings (SSSR count). The van der Waals surface area contributed by atoms with Gasteiger partial charge in [0.2, 0.25) is 0 Å². The predicted molar refractivity (Wildman–Crippen MR) is 259 cm³/mol. The average molecular weight is 1040 g/mol. The molecule has 0 aliphatic carbocycles. The summed E-state index contributed by atoms with van der Waals surface area (Å²) in [6, 6.07) is 16.2. The van der Waals surface area contributed by atoms with Crippen LogP contribution in [0, 0.1) is 27.2 Å². The normalized spacial score (nSPS) is 30.4. The molecular formula is C50H70IN5O11. The third kappa shape index (κ3) is 15.8. The summed E-state index contributed by atoms with van der Waals surface area (Å²) in [6.07, 6.45) is 0.543. The van der Waals surface area contributed by atoms with Crippen molar-refractivity contribution < 1.29 is 53.8 Å². The standard InChI is InChI=1S/C50H70IN5O11/c1-8-43-38(29-57)24-31(2)14-19-41(58)32(3)25-37(48(33(4)42(59)26-44(60)66-43)67-50-47(62)45(54(6)7)46(61)34(5)65-50)20-21-55(27-35-15-17-39(51)18-16-35)22-23-56-28-40(52-53-56)30-64-49(63)36-12-10-9-11-13-36/h9-19,24,28,32-34,37-38,42-43,45-48,50,57,59,61-62H,8,20-23,25-27,29-30H2,1-7H3/b19-14+,31-24+/t32-,33+,34-,37+,38-,42-,43-,45?,46?,47?,48-,50+/m1/s1. The minimum atomic E-state index is -1.29. The Kier molecular flexibility index (Phi) is 21.1. The number of aliphatic hydroxyl groups excluding tert-OH is 4. The van der Waals surface area contributed by atoms with Gasteiger partial charge in [0.25, 0.3) is 0 Å². The molecule has 3 aromatic rings. The molecule has 2 aliphatic rings. The van der Waals surface area contributed by atoms with E-state index in [-0.39, 0.29) is 25.4 Å². The third-order valence-electron chi connectivity index (χ3n) is 12.9. The number of benzene rings is 2. The summed E-state index contributed by atoms with van der Waals surface area (Å²) in [5.41, 5.74) is 2.74. The Hall–Kier alpha value is -3.92. The van der Waals surface area contributed by atoms with Gasteiger partial charge in [-0.1, -0.05) is 74.0 Å². The SMILES string of the molecule is CC[C@H]1OC(=O)C[C@@H](O)[C@H](C)[C@@H](O[C@@H]2O[C@H](C)C(O)C(N(C)C)C2O)[C@@H](CCN(CCn2cc(COC(=O)c3ccccc3)nn2)Cc2ccc(I)cc2)C[C@@H](C)C(=O)/C=C/C(C)=C/[C@@H]1CO. The molecule has 0 bridgehead atoms. The number of carbonyl (C=O) groups is 3. The van der Waals surface area contributed by atoms with E-state index < -0.39 is 84.6 Å². The highest BCUT2D eigenvalue weighted by Gasteiger charge is 2.47. The molecule has 1 saturated heterocycles. The number of cyclic esters (lactones) is 1. The molecule has 0 spiro atoms. The Morgan fingerprint density at radius 3 is 2.37 bits per heavy atom. The van der Waals surface area contributed by atoms with Gasteiger partial charge in [0, 0.05) is 34.4 Å². The Balaban J connectivity index is 1.47. The molecule has 2 aliphatic heterocycles. The van der Waals surface area contributed by atoms with Crippen LogP contribution in [0.2, 0.25) is 0 Å². The first kappa shape index (κ1) is 54.0. The van der Waals surface area contributed by atoms with Gasteiger partial charge in [-0.25, -0.2) is 4.79 Å². The summed E-state index contributed by atoms with van der Waals surface area (Å²) in [7, 11) is 3.51. The van der Waals surface area contributed by atoms with E-state index in [0.29, 0.717) is 56.7 Å². The van der Waals surface area contributed by atoms with Crippen molar-refractivity contribution in [3.8, 4) is 0 Å². The van der Waals surface area contributed by atoms with Gasteiger partial charge in [-0.05, 0) is 118 Å².